The lowest BCUT2D eigenvalue weighted by molar-refractivity contribution is 0.0919. The molecule has 18 heavy (non-hydrogen) atoms. The molecule has 4 nitrogen and oxygen atoms in total. The van der Waals surface area contributed by atoms with Gasteiger partial charge in [-0.3, -0.25) is 9.78 Å². The molecule has 1 heterocycles. The van der Waals surface area contributed by atoms with E-state index in [1.807, 2.05) is 12.1 Å². The summed E-state index contributed by atoms with van der Waals surface area (Å²) >= 11 is 0. The number of nitrogens with zero attached hydrogens (tertiary/aromatic N) is 1. The Morgan fingerprint density at radius 3 is 2.61 bits per heavy atom. The Bertz CT molecular complexity index is 372. The first-order valence-electron chi connectivity index (χ1n) is 6.75. The average Bonchev–Trinajstić information content (AvgIpc) is 2.42. The number of hydrogen-bond donors (Lipinski definition) is 2. The van der Waals surface area contributed by atoms with E-state index in [0.29, 0.717) is 17.8 Å². The molecule has 1 saturated carbocycles. The Hall–Kier alpha value is -1.42. The first-order valence-corrected chi connectivity index (χ1v) is 6.75. The number of pyridine rings is 1. The van der Waals surface area contributed by atoms with Gasteiger partial charge in [-0.1, -0.05) is 13.0 Å². The molecule has 0 bridgehead atoms. The minimum absolute atomic E-state index is 0.0532. The van der Waals surface area contributed by atoms with Crippen molar-refractivity contribution in [3.8, 4) is 0 Å². The highest BCUT2D eigenvalue weighted by atomic mass is 16.1. The number of carbonyl (C=O) groups excluding carboxylic acids is 1. The minimum Gasteiger partial charge on any atom is -0.348 e. The van der Waals surface area contributed by atoms with Crippen LogP contribution in [0.2, 0.25) is 0 Å². The van der Waals surface area contributed by atoms with Crippen molar-refractivity contribution in [2.24, 2.45) is 0 Å². The van der Waals surface area contributed by atoms with Crippen molar-refractivity contribution in [3.05, 3.63) is 30.1 Å². The van der Waals surface area contributed by atoms with Crippen molar-refractivity contribution in [2.45, 2.75) is 44.7 Å². The predicted molar refractivity (Wildman–Crippen MR) is 71.4 cm³/mol. The van der Waals surface area contributed by atoms with Crippen LogP contribution in [0.1, 0.15) is 43.1 Å². The van der Waals surface area contributed by atoms with Crippen molar-refractivity contribution in [3.63, 3.8) is 0 Å². The zero-order valence-electron chi connectivity index (χ0n) is 10.9. The zero-order valence-corrected chi connectivity index (χ0v) is 10.9. The maximum atomic E-state index is 11.9. The van der Waals surface area contributed by atoms with Gasteiger partial charge in [0.15, 0.2) is 0 Å². The third-order valence-electron chi connectivity index (χ3n) is 3.45. The molecule has 1 aromatic rings. The van der Waals surface area contributed by atoms with E-state index in [2.05, 4.69) is 22.5 Å². The molecule has 2 N–H and O–H groups in total. The van der Waals surface area contributed by atoms with Gasteiger partial charge >= 0.3 is 0 Å². The quantitative estimate of drug-likeness (QED) is 0.852. The molecule has 2 rings (SSSR count). The summed E-state index contributed by atoms with van der Waals surface area (Å²) in [6, 6.07) is 6.33. The van der Waals surface area contributed by atoms with E-state index in [1.54, 1.807) is 12.3 Å². The molecule has 0 unspecified atom stereocenters. The van der Waals surface area contributed by atoms with E-state index < -0.39 is 0 Å². The summed E-state index contributed by atoms with van der Waals surface area (Å²) in [5.41, 5.74) is 0.506. The Labute approximate surface area is 108 Å². The summed E-state index contributed by atoms with van der Waals surface area (Å²) in [4.78, 5) is 16.0. The first kappa shape index (κ1) is 13.0. The highest BCUT2D eigenvalue weighted by Gasteiger charge is 2.22. The fourth-order valence-electron chi connectivity index (χ4n) is 2.49. The number of amides is 1. The highest BCUT2D eigenvalue weighted by molar-refractivity contribution is 5.92. The summed E-state index contributed by atoms with van der Waals surface area (Å²) in [6.45, 7) is 3.16. The fourth-order valence-corrected chi connectivity index (χ4v) is 2.49. The zero-order chi connectivity index (χ0) is 12.8. The number of hydrogen-bond acceptors (Lipinski definition) is 3. The summed E-state index contributed by atoms with van der Waals surface area (Å²) in [6.07, 6.45) is 6.03. The van der Waals surface area contributed by atoms with E-state index in [4.69, 9.17) is 0 Å². The van der Waals surface area contributed by atoms with Gasteiger partial charge in [-0.25, -0.2) is 0 Å². The molecule has 1 aliphatic rings. The molecule has 1 amide bonds. The smallest absolute Gasteiger partial charge is 0.270 e. The Morgan fingerprint density at radius 1 is 1.28 bits per heavy atom. The van der Waals surface area contributed by atoms with E-state index in [9.17, 15) is 4.79 Å². The SMILES string of the molecule is CCNC1CCC(NC(=O)c2ccccn2)CC1. The minimum atomic E-state index is -0.0532. The number of rotatable bonds is 4. The van der Waals surface area contributed by atoms with E-state index in [0.717, 1.165) is 32.2 Å². The average molecular weight is 247 g/mol. The standard InChI is InChI=1S/C14H21N3O/c1-2-15-11-6-8-12(9-7-11)17-14(18)13-5-3-4-10-16-13/h3-5,10-12,15H,2,6-9H2,1H3,(H,17,18). The molecule has 0 atom stereocenters. The molecule has 0 aromatic carbocycles. The third kappa shape index (κ3) is 3.53. The van der Waals surface area contributed by atoms with Crippen LogP contribution in [0.25, 0.3) is 0 Å². The van der Waals surface area contributed by atoms with Crippen LogP contribution < -0.4 is 10.6 Å². The van der Waals surface area contributed by atoms with Crippen LogP contribution in [-0.4, -0.2) is 29.5 Å². The van der Waals surface area contributed by atoms with Crippen LogP contribution in [0.3, 0.4) is 0 Å². The predicted octanol–water partition coefficient (Wildman–Crippen LogP) is 1.73. The van der Waals surface area contributed by atoms with E-state index in [1.165, 1.54) is 0 Å². The van der Waals surface area contributed by atoms with Crippen molar-refractivity contribution in [1.29, 1.82) is 0 Å². The molecule has 0 aliphatic heterocycles. The van der Waals surface area contributed by atoms with Gasteiger partial charge in [0, 0.05) is 18.3 Å². The van der Waals surface area contributed by atoms with Crippen molar-refractivity contribution in [2.75, 3.05) is 6.54 Å². The van der Waals surface area contributed by atoms with Gasteiger partial charge < -0.3 is 10.6 Å². The molecular formula is C14H21N3O. The van der Waals surface area contributed by atoms with Gasteiger partial charge in [-0.2, -0.15) is 0 Å². The van der Waals surface area contributed by atoms with Crippen molar-refractivity contribution < 1.29 is 4.79 Å². The summed E-state index contributed by atoms with van der Waals surface area (Å²) in [5, 5.41) is 6.53. The van der Waals surface area contributed by atoms with Crippen molar-refractivity contribution >= 4 is 5.91 Å². The lowest BCUT2D eigenvalue weighted by atomic mass is 9.91. The van der Waals surface area contributed by atoms with Crippen LogP contribution in [0.5, 0.6) is 0 Å². The van der Waals surface area contributed by atoms with Crippen LogP contribution in [-0.2, 0) is 0 Å². The molecule has 1 aromatic heterocycles. The van der Waals surface area contributed by atoms with Gasteiger partial charge in [0.25, 0.3) is 5.91 Å². The molecule has 0 radical (unpaired) electrons. The van der Waals surface area contributed by atoms with Crippen LogP contribution in [0.4, 0.5) is 0 Å². The third-order valence-corrected chi connectivity index (χ3v) is 3.45. The van der Waals surface area contributed by atoms with E-state index in [-0.39, 0.29) is 5.91 Å². The second-order valence-electron chi connectivity index (χ2n) is 4.79. The summed E-state index contributed by atoms with van der Waals surface area (Å²) in [5.74, 6) is -0.0532. The highest BCUT2D eigenvalue weighted by Crippen LogP contribution is 2.18. The molecule has 0 saturated heterocycles. The lowest BCUT2D eigenvalue weighted by Crippen LogP contribution is -2.42. The molecule has 4 heteroatoms. The fraction of sp³-hybridized carbons (Fsp3) is 0.571. The topological polar surface area (TPSA) is 54.0 Å². The Balaban J connectivity index is 1.80. The van der Waals surface area contributed by atoms with Crippen molar-refractivity contribution in [1.82, 2.24) is 15.6 Å². The molecule has 0 spiro atoms. The second kappa shape index (κ2) is 6.50. The number of aromatic nitrogens is 1. The van der Waals surface area contributed by atoms with Gasteiger partial charge in [-0.15, -0.1) is 0 Å². The van der Waals surface area contributed by atoms with Gasteiger partial charge in [-0.05, 0) is 44.4 Å². The number of carbonyl (C=O) groups is 1. The number of nitrogens with one attached hydrogen (secondary N) is 2. The molecule has 1 aliphatic carbocycles. The maximum Gasteiger partial charge on any atom is 0.270 e. The lowest BCUT2D eigenvalue weighted by Gasteiger charge is -2.29. The molecular weight excluding hydrogens is 226 g/mol. The summed E-state index contributed by atoms with van der Waals surface area (Å²) in [7, 11) is 0. The second-order valence-corrected chi connectivity index (χ2v) is 4.79. The Morgan fingerprint density at radius 2 is 2.00 bits per heavy atom. The van der Waals surface area contributed by atoms with Gasteiger partial charge in [0.2, 0.25) is 0 Å². The van der Waals surface area contributed by atoms with E-state index >= 15 is 0 Å². The molecule has 98 valence electrons. The van der Waals surface area contributed by atoms with Crippen LogP contribution in [0, 0.1) is 0 Å². The largest absolute Gasteiger partial charge is 0.348 e. The first-order chi connectivity index (χ1) is 8.79. The molecule has 1 fully saturated rings. The van der Waals surface area contributed by atoms with Gasteiger partial charge in [0.1, 0.15) is 5.69 Å². The maximum absolute atomic E-state index is 11.9. The van der Waals surface area contributed by atoms with Gasteiger partial charge in [0.05, 0.1) is 0 Å². The monoisotopic (exact) mass is 247 g/mol. The Kier molecular flexibility index (Phi) is 4.70. The van der Waals surface area contributed by atoms with Crippen LogP contribution >= 0.6 is 0 Å². The van der Waals surface area contributed by atoms with Crippen LogP contribution in [0.15, 0.2) is 24.4 Å². The summed E-state index contributed by atoms with van der Waals surface area (Å²) < 4.78 is 0. The normalized spacial score (nSPS) is 23.6.